The Labute approximate surface area is 141 Å². The fourth-order valence-corrected chi connectivity index (χ4v) is 3.05. The summed E-state index contributed by atoms with van der Waals surface area (Å²) in [7, 11) is 0. The van der Waals surface area contributed by atoms with E-state index in [0.717, 1.165) is 22.4 Å². The minimum Gasteiger partial charge on any atom is -0.444 e. The van der Waals surface area contributed by atoms with Crippen molar-refractivity contribution in [3.05, 3.63) is 65.5 Å². The van der Waals surface area contributed by atoms with Crippen molar-refractivity contribution in [1.29, 1.82) is 0 Å². The number of fused-ring (bicyclic) bond motifs is 1. The fourth-order valence-electron chi connectivity index (χ4n) is 2.16. The van der Waals surface area contributed by atoms with Crippen molar-refractivity contribution in [2.24, 2.45) is 0 Å². The molecule has 0 amide bonds. The summed E-state index contributed by atoms with van der Waals surface area (Å²) in [6.07, 6.45) is 1.66. The number of halogens is 1. The van der Waals surface area contributed by atoms with Crippen molar-refractivity contribution in [2.75, 3.05) is 0 Å². The van der Waals surface area contributed by atoms with Crippen LogP contribution in [0.15, 0.2) is 68.9 Å². The maximum atomic E-state index is 5.95. The molecule has 4 nitrogen and oxygen atoms in total. The molecule has 23 heavy (non-hydrogen) atoms. The maximum absolute atomic E-state index is 5.95. The highest BCUT2D eigenvalue weighted by atomic mass is 35.5. The topological polar surface area (TPSA) is 52.1 Å². The van der Waals surface area contributed by atoms with Crippen LogP contribution in [-0.4, -0.2) is 9.97 Å². The van der Waals surface area contributed by atoms with Crippen LogP contribution in [0.3, 0.4) is 0 Å². The van der Waals surface area contributed by atoms with E-state index in [-0.39, 0.29) is 0 Å². The van der Waals surface area contributed by atoms with Gasteiger partial charge in [0.2, 0.25) is 5.89 Å². The zero-order chi connectivity index (χ0) is 15.6. The second-order valence-corrected chi connectivity index (χ2v) is 6.25. The molecule has 0 atom stereocenters. The van der Waals surface area contributed by atoms with E-state index in [1.807, 2.05) is 36.4 Å². The Morgan fingerprint density at radius 2 is 1.91 bits per heavy atom. The average Bonchev–Trinajstić information content (AvgIpc) is 3.20. The first-order valence-corrected chi connectivity index (χ1v) is 8.33. The molecule has 0 N–H and O–H groups in total. The van der Waals surface area contributed by atoms with Crippen molar-refractivity contribution in [3.63, 3.8) is 0 Å². The Kier molecular flexibility index (Phi) is 3.81. The summed E-state index contributed by atoms with van der Waals surface area (Å²) in [4.78, 5) is 8.89. The predicted octanol–water partition coefficient (Wildman–Crippen LogP) is 5.43. The largest absolute Gasteiger partial charge is 0.444 e. The summed E-state index contributed by atoms with van der Waals surface area (Å²) >= 11 is 7.42. The second kappa shape index (κ2) is 6.10. The lowest BCUT2D eigenvalue weighted by molar-refractivity contribution is 0.489. The van der Waals surface area contributed by atoms with Crippen LogP contribution in [0.1, 0.15) is 5.69 Å². The van der Waals surface area contributed by atoms with Crippen LogP contribution in [0, 0.1) is 0 Å². The van der Waals surface area contributed by atoms with Crippen LogP contribution in [0.2, 0.25) is 5.02 Å². The molecule has 2 aromatic carbocycles. The first-order valence-electron chi connectivity index (χ1n) is 6.97. The smallest absolute Gasteiger partial charge is 0.257 e. The molecule has 0 bridgehead atoms. The van der Waals surface area contributed by atoms with E-state index in [1.54, 1.807) is 18.4 Å². The van der Waals surface area contributed by atoms with E-state index in [2.05, 4.69) is 9.97 Å². The second-order valence-electron chi connectivity index (χ2n) is 4.89. The third-order valence-corrected chi connectivity index (χ3v) is 4.34. The zero-order valence-electron chi connectivity index (χ0n) is 11.9. The highest BCUT2D eigenvalue weighted by molar-refractivity contribution is 7.98. The van der Waals surface area contributed by atoms with E-state index in [1.165, 1.54) is 11.8 Å². The first kappa shape index (κ1) is 14.4. The molecular formula is C17H11ClN2O2S. The van der Waals surface area contributed by atoms with E-state index < -0.39 is 0 Å². The lowest BCUT2D eigenvalue weighted by Crippen LogP contribution is -1.82. The number of aromatic nitrogens is 2. The summed E-state index contributed by atoms with van der Waals surface area (Å²) in [5.41, 5.74) is 3.28. The van der Waals surface area contributed by atoms with Gasteiger partial charge in [0.1, 0.15) is 11.8 Å². The molecule has 114 valence electrons. The van der Waals surface area contributed by atoms with Gasteiger partial charge in [-0.25, -0.2) is 9.97 Å². The van der Waals surface area contributed by atoms with Crippen molar-refractivity contribution in [3.8, 4) is 11.5 Å². The van der Waals surface area contributed by atoms with Crippen molar-refractivity contribution < 1.29 is 8.83 Å². The van der Waals surface area contributed by atoms with Gasteiger partial charge in [0, 0.05) is 16.3 Å². The molecule has 0 fully saturated rings. The Morgan fingerprint density at radius 1 is 1.04 bits per heavy atom. The lowest BCUT2D eigenvalue weighted by atomic mass is 10.2. The zero-order valence-corrected chi connectivity index (χ0v) is 13.5. The van der Waals surface area contributed by atoms with Crippen molar-refractivity contribution in [1.82, 2.24) is 9.97 Å². The summed E-state index contributed by atoms with van der Waals surface area (Å²) in [6.45, 7) is 0. The van der Waals surface area contributed by atoms with Gasteiger partial charge < -0.3 is 8.83 Å². The highest BCUT2D eigenvalue weighted by Crippen LogP contribution is 2.28. The monoisotopic (exact) mass is 342 g/mol. The third-order valence-electron chi connectivity index (χ3n) is 3.25. The number of hydrogen-bond donors (Lipinski definition) is 0. The molecule has 0 aliphatic rings. The van der Waals surface area contributed by atoms with Gasteiger partial charge in [-0.05, 0) is 30.3 Å². The number of nitrogens with zero attached hydrogens (tertiary/aromatic N) is 2. The molecule has 2 aromatic heterocycles. The normalized spacial score (nSPS) is 11.2. The van der Waals surface area contributed by atoms with Gasteiger partial charge >= 0.3 is 0 Å². The molecule has 0 unspecified atom stereocenters. The maximum Gasteiger partial charge on any atom is 0.257 e. The molecule has 0 radical (unpaired) electrons. The number of thioether (sulfide) groups is 1. The van der Waals surface area contributed by atoms with Crippen molar-refractivity contribution in [2.45, 2.75) is 11.0 Å². The molecule has 0 aliphatic heterocycles. The van der Waals surface area contributed by atoms with Gasteiger partial charge in [0.25, 0.3) is 5.22 Å². The van der Waals surface area contributed by atoms with Gasteiger partial charge in [-0.2, -0.15) is 0 Å². The minimum absolute atomic E-state index is 0.589. The molecule has 6 heteroatoms. The van der Waals surface area contributed by atoms with Crippen LogP contribution in [0.4, 0.5) is 0 Å². The van der Waals surface area contributed by atoms with E-state index >= 15 is 0 Å². The number of oxazole rings is 2. The fraction of sp³-hybridized carbons (Fsp3) is 0.0588. The summed E-state index contributed by atoms with van der Waals surface area (Å²) in [5.74, 6) is 1.24. The molecule has 2 heterocycles. The quantitative estimate of drug-likeness (QED) is 0.463. The van der Waals surface area contributed by atoms with E-state index in [4.69, 9.17) is 20.4 Å². The molecule has 0 saturated heterocycles. The van der Waals surface area contributed by atoms with Gasteiger partial charge in [-0.15, -0.1) is 0 Å². The molecule has 4 rings (SSSR count). The van der Waals surface area contributed by atoms with Crippen LogP contribution in [0.25, 0.3) is 22.6 Å². The van der Waals surface area contributed by atoms with E-state index in [0.29, 0.717) is 21.9 Å². The van der Waals surface area contributed by atoms with Gasteiger partial charge in [-0.3, -0.25) is 0 Å². The van der Waals surface area contributed by atoms with Crippen molar-refractivity contribution >= 4 is 34.5 Å². The SMILES string of the molecule is Clc1ccc2oc(SCc3coc(-c4ccccc4)n3)nc2c1. The summed E-state index contributed by atoms with van der Waals surface area (Å²) in [5, 5.41) is 1.23. The molecule has 0 aliphatic carbocycles. The van der Waals surface area contributed by atoms with Crippen LogP contribution in [0.5, 0.6) is 0 Å². The van der Waals surface area contributed by atoms with Gasteiger partial charge in [0.15, 0.2) is 5.58 Å². The summed E-state index contributed by atoms with van der Waals surface area (Å²) in [6, 6.07) is 15.2. The van der Waals surface area contributed by atoms with Gasteiger partial charge in [0.05, 0.1) is 5.69 Å². The number of hydrogen-bond acceptors (Lipinski definition) is 5. The lowest BCUT2D eigenvalue weighted by Gasteiger charge is -1.93. The summed E-state index contributed by atoms with van der Waals surface area (Å²) < 4.78 is 11.2. The standard InChI is InChI=1S/C17H11ClN2O2S/c18-12-6-7-15-14(8-12)20-17(22-15)23-10-13-9-21-16(19-13)11-4-2-1-3-5-11/h1-9H,10H2. The molecule has 0 saturated carbocycles. The number of rotatable bonds is 4. The average molecular weight is 343 g/mol. The number of benzene rings is 2. The molecule has 4 aromatic rings. The van der Waals surface area contributed by atoms with Gasteiger partial charge in [-0.1, -0.05) is 41.6 Å². The van der Waals surface area contributed by atoms with E-state index in [9.17, 15) is 0 Å². The Hall–Kier alpha value is -2.24. The Balaban J connectivity index is 1.49. The first-order chi connectivity index (χ1) is 11.3. The Bertz CT molecular complexity index is 950. The van der Waals surface area contributed by atoms with Crippen LogP contribution < -0.4 is 0 Å². The Morgan fingerprint density at radius 3 is 2.78 bits per heavy atom. The third kappa shape index (κ3) is 3.11. The molecule has 0 spiro atoms. The predicted molar refractivity (Wildman–Crippen MR) is 90.5 cm³/mol. The van der Waals surface area contributed by atoms with Crippen LogP contribution >= 0.6 is 23.4 Å². The van der Waals surface area contributed by atoms with Crippen LogP contribution in [-0.2, 0) is 5.75 Å². The minimum atomic E-state index is 0.589. The molecular weight excluding hydrogens is 332 g/mol. The highest BCUT2D eigenvalue weighted by Gasteiger charge is 2.10.